The van der Waals surface area contributed by atoms with E-state index in [-0.39, 0.29) is 0 Å². The van der Waals surface area contributed by atoms with Gasteiger partial charge in [0, 0.05) is 23.8 Å². The number of aromatic nitrogens is 3. The van der Waals surface area contributed by atoms with Crippen LogP contribution in [-0.2, 0) is 5.88 Å². The molecule has 2 aromatic heterocycles. The Morgan fingerprint density at radius 3 is 2.88 bits per heavy atom. The summed E-state index contributed by atoms with van der Waals surface area (Å²) in [5.41, 5.74) is 2.85. The van der Waals surface area contributed by atoms with E-state index in [1.54, 1.807) is 23.7 Å². The first-order valence-electron chi connectivity index (χ1n) is 5.09. The molecule has 0 aliphatic heterocycles. The van der Waals surface area contributed by atoms with Crippen LogP contribution in [0, 0.1) is 0 Å². The molecule has 0 aliphatic rings. The van der Waals surface area contributed by atoms with Crippen LogP contribution in [0.4, 0.5) is 0 Å². The molecule has 2 heterocycles. The second kappa shape index (κ2) is 4.39. The second-order valence-electron chi connectivity index (χ2n) is 3.54. The van der Waals surface area contributed by atoms with Gasteiger partial charge in [0.25, 0.3) is 0 Å². The number of thiazole rings is 1. The molecular weight excluding hydrogens is 254 g/mol. The minimum atomic E-state index is 0.509. The van der Waals surface area contributed by atoms with Gasteiger partial charge in [-0.3, -0.25) is 0 Å². The molecule has 0 saturated heterocycles. The van der Waals surface area contributed by atoms with Crippen molar-refractivity contribution < 1.29 is 0 Å². The van der Waals surface area contributed by atoms with Gasteiger partial charge < -0.3 is 0 Å². The van der Waals surface area contributed by atoms with Gasteiger partial charge in [0.2, 0.25) is 0 Å². The lowest BCUT2D eigenvalue weighted by atomic mass is 10.1. The molecule has 0 saturated carbocycles. The van der Waals surface area contributed by atoms with E-state index in [9.17, 15) is 0 Å². The van der Waals surface area contributed by atoms with Crippen LogP contribution in [-0.4, -0.2) is 15.0 Å². The highest BCUT2D eigenvalue weighted by molar-refractivity contribution is 7.21. The molecule has 17 heavy (non-hydrogen) atoms. The Hall–Kier alpha value is -1.52. The number of hydrogen-bond donors (Lipinski definition) is 0. The van der Waals surface area contributed by atoms with Crippen LogP contribution < -0.4 is 0 Å². The highest BCUT2D eigenvalue weighted by atomic mass is 35.5. The van der Waals surface area contributed by atoms with Crippen molar-refractivity contribution in [3.05, 3.63) is 42.2 Å². The smallest absolute Gasteiger partial charge is 0.190 e. The summed E-state index contributed by atoms with van der Waals surface area (Å²) in [6.45, 7) is 0. The molecule has 5 heteroatoms. The fourth-order valence-corrected chi connectivity index (χ4v) is 2.62. The first kappa shape index (κ1) is 10.6. The maximum absolute atomic E-state index is 5.82. The van der Waals surface area contributed by atoms with Gasteiger partial charge in [0.05, 0.1) is 0 Å². The number of fused-ring (bicyclic) bond motifs is 1. The Kier molecular flexibility index (Phi) is 2.74. The van der Waals surface area contributed by atoms with Crippen LogP contribution in [0.25, 0.3) is 21.0 Å². The average molecular weight is 262 g/mol. The highest BCUT2D eigenvalue weighted by Crippen LogP contribution is 2.28. The van der Waals surface area contributed by atoms with Crippen LogP contribution in [0.15, 0.2) is 36.7 Å². The molecule has 1 aromatic carbocycles. The van der Waals surface area contributed by atoms with E-state index in [2.05, 4.69) is 15.0 Å². The zero-order valence-corrected chi connectivity index (χ0v) is 10.4. The summed E-state index contributed by atoms with van der Waals surface area (Å²) >= 11 is 7.37. The second-order valence-corrected chi connectivity index (χ2v) is 4.78. The zero-order chi connectivity index (χ0) is 11.7. The van der Waals surface area contributed by atoms with Crippen LogP contribution in [0.3, 0.4) is 0 Å². The van der Waals surface area contributed by atoms with Crippen molar-refractivity contribution in [2.24, 2.45) is 0 Å². The van der Waals surface area contributed by atoms with Gasteiger partial charge in [-0.1, -0.05) is 29.5 Å². The van der Waals surface area contributed by atoms with E-state index < -0.39 is 0 Å². The summed E-state index contributed by atoms with van der Waals surface area (Å²) < 4.78 is 0. The predicted molar refractivity (Wildman–Crippen MR) is 70.2 cm³/mol. The molecule has 3 aromatic rings. The Morgan fingerprint density at radius 2 is 2.06 bits per heavy atom. The molecule has 0 unspecified atom stereocenters. The number of benzene rings is 1. The minimum Gasteiger partial charge on any atom is -0.240 e. The molecule has 0 amide bonds. The van der Waals surface area contributed by atoms with Crippen molar-refractivity contribution in [3.8, 4) is 10.6 Å². The summed E-state index contributed by atoms with van der Waals surface area (Å²) in [7, 11) is 0. The number of hydrogen-bond acceptors (Lipinski definition) is 4. The first-order valence-corrected chi connectivity index (χ1v) is 6.45. The standard InChI is InChI=1S/C12H8ClN3S/c13-7-8-2-1-3-9(6-8)11-16-10-12(17-11)15-5-4-14-10/h1-6H,7H2. The number of nitrogens with zero attached hydrogens (tertiary/aromatic N) is 3. The maximum Gasteiger partial charge on any atom is 0.190 e. The predicted octanol–water partition coefficient (Wildman–Crippen LogP) is 3.49. The zero-order valence-electron chi connectivity index (χ0n) is 8.80. The van der Waals surface area contributed by atoms with Crippen LogP contribution >= 0.6 is 22.9 Å². The average Bonchev–Trinajstić information content (AvgIpc) is 2.82. The molecule has 0 atom stereocenters. The summed E-state index contributed by atoms with van der Waals surface area (Å²) in [5, 5.41) is 0.929. The molecule has 3 rings (SSSR count). The van der Waals surface area contributed by atoms with Gasteiger partial charge in [0.1, 0.15) is 5.01 Å². The van der Waals surface area contributed by atoms with Crippen molar-refractivity contribution >= 4 is 33.4 Å². The lowest BCUT2D eigenvalue weighted by Gasteiger charge is -1.98. The largest absolute Gasteiger partial charge is 0.240 e. The van der Waals surface area contributed by atoms with Crippen molar-refractivity contribution in [1.29, 1.82) is 0 Å². The molecular formula is C12H8ClN3S. The van der Waals surface area contributed by atoms with Crippen molar-refractivity contribution in [2.45, 2.75) is 5.88 Å². The summed E-state index contributed by atoms with van der Waals surface area (Å²) in [4.78, 5) is 13.7. The van der Waals surface area contributed by atoms with E-state index in [0.29, 0.717) is 11.5 Å². The van der Waals surface area contributed by atoms with Gasteiger partial charge in [-0.2, -0.15) is 0 Å². The third-order valence-corrected chi connectivity index (χ3v) is 3.69. The normalized spacial score (nSPS) is 10.9. The monoisotopic (exact) mass is 261 g/mol. The van der Waals surface area contributed by atoms with Gasteiger partial charge in [-0.15, -0.1) is 11.6 Å². The molecule has 0 spiro atoms. The van der Waals surface area contributed by atoms with Gasteiger partial charge in [-0.05, 0) is 11.6 Å². The maximum atomic E-state index is 5.82. The fourth-order valence-electron chi connectivity index (χ4n) is 1.59. The number of halogens is 1. The lowest BCUT2D eigenvalue weighted by molar-refractivity contribution is 1.26. The summed E-state index contributed by atoms with van der Waals surface area (Å²) in [6, 6.07) is 8.05. The lowest BCUT2D eigenvalue weighted by Crippen LogP contribution is -1.81. The Morgan fingerprint density at radius 1 is 1.18 bits per heavy atom. The van der Waals surface area contributed by atoms with Gasteiger partial charge >= 0.3 is 0 Å². The van der Waals surface area contributed by atoms with Crippen LogP contribution in [0.2, 0.25) is 0 Å². The topological polar surface area (TPSA) is 38.7 Å². The first-order chi connectivity index (χ1) is 8.36. The highest BCUT2D eigenvalue weighted by Gasteiger charge is 2.07. The molecule has 0 N–H and O–H groups in total. The summed E-state index contributed by atoms with van der Waals surface area (Å²) in [5.74, 6) is 0.509. The van der Waals surface area contributed by atoms with Crippen molar-refractivity contribution in [1.82, 2.24) is 15.0 Å². The fraction of sp³-hybridized carbons (Fsp3) is 0.0833. The third-order valence-electron chi connectivity index (χ3n) is 2.38. The van der Waals surface area contributed by atoms with Gasteiger partial charge in [0.15, 0.2) is 10.5 Å². The molecule has 0 radical (unpaired) electrons. The van der Waals surface area contributed by atoms with Crippen molar-refractivity contribution in [2.75, 3.05) is 0 Å². The van der Waals surface area contributed by atoms with E-state index in [1.807, 2.05) is 24.3 Å². The molecule has 3 nitrogen and oxygen atoms in total. The van der Waals surface area contributed by atoms with E-state index in [4.69, 9.17) is 11.6 Å². The van der Waals surface area contributed by atoms with Crippen molar-refractivity contribution in [3.63, 3.8) is 0 Å². The quantitative estimate of drug-likeness (QED) is 0.663. The molecule has 0 fully saturated rings. The van der Waals surface area contributed by atoms with Gasteiger partial charge in [-0.25, -0.2) is 15.0 Å². The Bertz CT molecular complexity index is 632. The minimum absolute atomic E-state index is 0.509. The van der Waals surface area contributed by atoms with E-state index in [0.717, 1.165) is 21.0 Å². The third kappa shape index (κ3) is 2.01. The summed E-state index contributed by atoms with van der Waals surface area (Å²) in [6.07, 6.45) is 3.33. The Labute approximate surface area is 107 Å². The van der Waals surface area contributed by atoms with Crippen LogP contribution in [0.1, 0.15) is 5.56 Å². The number of alkyl halides is 1. The van der Waals surface area contributed by atoms with E-state index in [1.165, 1.54) is 0 Å². The SMILES string of the molecule is ClCc1cccc(-c2nc3nccnc3s2)c1. The Balaban J connectivity index is 2.13. The van der Waals surface area contributed by atoms with E-state index >= 15 is 0 Å². The molecule has 84 valence electrons. The molecule has 0 aliphatic carbocycles. The van der Waals surface area contributed by atoms with Crippen LogP contribution in [0.5, 0.6) is 0 Å². The molecule has 0 bridgehead atoms. The number of rotatable bonds is 2.